The zero-order valence-corrected chi connectivity index (χ0v) is 67.3. The fourth-order valence-electron chi connectivity index (χ4n) is 12.5. The highest BCUT2D eigenvalue weighted by Gasteiger charge is 2.30. The fraction of sp³-hybridized carbons (Fsp3) is 0.951. The molecular formula is C81H158O17P2. The van der Waals surface area contributed by atoms with Gasteiger partial charge in [0.1, 0.15) is 19.3 Å². The average molecular weight is 1470 g/mol. The molecule has 0 aromatic rings. The summed E-state index contributed by atoms with van der Waals surface area (Å²) in [5.41, 5.74) is 0. The Hall–Kier alpha value is -1.94. The molecule has 0 aromatic carbocycles. The molecule has 3 N–H and O–H groups in total. The Balaban J connectivity index is 5.24. The molecule has 0 aromatic heterocycles. The number of aliphatic hydroxyl groups is 1. The third kappa shape index (κ3) is 74.3. The molecule has 17 nitrogen and oxygen atoms in total. The van der Waals surface area contributed by atoms with Gasteiger partial charge in [0, 0.05) is 25.7 Å². The summed E-state index contributed by atoms with van der Waals surface area (Å²) < 4.78 is 68.7. The van der Waals surface area contributed by atoms with Crippen LogP contribution >= 0.6 is 15.6 Å². The molecule has 0 saturated heterocycles. The lowest BCUT2D eigenvalue weighted by molar-refractivity contribution is -0.161. The molecule has 0 aliphatic rings. The van der Waals surface area contributed by atoms with Crippen molar-refractivity contribution in [3.8, 4) is 0 Å². The smallest absolute Gasteiger partial charge is 0.462 e. The molecule has 0 heterocycles. The summed E-state index contributed by atoms with van der Waals surface area (Å²) in [6.07, 6.45) is 62.4. The average Bonchev–Trinajstić information content (AvgIpc) is 0.945. The van der Waals surface area contributed by atoms with Crippen LogP contribution in [0.1, 0.15) is 427 Å². The number of carbonyl (C=O) groups excluding carboxylic acids is 4. The van der Waals surface area contributed by atoms with Crippen LogP contribution in [-0.4, -0.2) is 96.7 Å². The Kier molecular flexibility index (Phi) is 71.2. The first-order valence-electron chi connectivity index (χ1n) is 42.0. The van der Waals surface area contributed by atoms with E-state index in [1.165, 1.54) is 244 Å². The first-order chi connectivity index (χ1) is 48.4. The van der Waals surface area contributed by atoms with Crippen LogP contribution < -0.4 is 0 Å². The molecule has 0 fully saturated rings. The number of carbonyl (C=O) groups is 4. The van der Waals surface area contributed by atoms with Crippen LogP contribution in [0.15, 0.2) is 0 Å². The van der Waals surface area contributed by atoms with E-state index in [4.69, 9.17) is 37.0 Å². The van der Waals surface area contributed by atoms with Crippen molar-refractivity contribution >= 4 is 39.5 Å². The Morgan fingerprint density at radius 3 is 0.680 bits per heavy atom. The maximum Gasteiger partial charge on any atom is 0.472 e. The summed E-state index contributed by atoms with van der Waals surface area (Å²) in [6, 6.07) is 0. The van der Waals surface area contributed by atoms with Gasteiger partial charge in [-0.15, -0.1) is 0 Å². The number of ether oxygens (including phenoxy) is 4. The molecule has 0 radical (unpaired) electrons. The molecule has 19 heteroatoms. The van der Waals surface area contributed by atoms with Gasteiger partial charge in [-0.2, -0.15) is 0 Å². The fourth-order valence-corrected chi connectivity index (χ4v) is 14.1. The largest absolute Gasteiger partial charge is 0.472 e. The van der Waals surface area contributed by atoms with Crippen LogP contribution in [0.2, 0.25) is 0 Å². The number of aliphatic hydroxyl groups excluding tert-OH is 1. The highest BCUT2D eigenvalue weighted by molar-refractivity contribution is 7.47. The molecule has 2 unspecified atom stereocenters. The van der Waals surface area contributed by atoms with E-state index < -0.39 is 97.5 Å². The van der Waals surface area contributed by atoms with Gasteiger partial charge in [-0.25, -0.2) is 9.13 Å². The Labute approximate surface area is 613 Å². The molecule has 0 amide bonds. The van der Waals surface area contributed by atoms with E-state index in [1.807, 2.05) is 0 Å². The summed E-state index contributed by atoms with van der Waals surface area (Å²) >= 11 is 0. The minimum Gasteiger partial charge on any atom is -0.462 e. The van der Waals surface area contributed by atoms with E-state index in [1.54, 1.807) is 0 Å². The quantitative estimate of drug-likeness (QED) is 0.0222. The highest BCUT2D eigenvalue weighted by atomic mass is 31.2. The van der Waals surface area contributed by atoms with Gasteiger partial charge >= 0.3 is 39.5 Å². The lowest BCUT2D eigenvalue weighted by atomic mass is 10.0. The van der Waals surface area contributed by atoms with Crippen molar-refractivity contribution in [1.29, 1.82) is 0 Å². The van der Waals surface area contributed by atoms with Crippen molar-refractivity contribution in [3.63, 3.8) is 0 Å². The number of hydrogen-bond donors (Lipinski definition) is 3. The van der Waals surface area contributed by atoms with Crippen LogP contribution in [0.4, 0.5) is 0 Å². The van der Waals surface area contributed by atoms with E-state index >= 15 is 0 Å². The van der Waals surface area contributed by atoms with E-state index in [0.29, 0.717) is 25.7 Å². The number of phosphoric ester groups is 2. The highest BCUT2D eigenvalue weighted by Crippen LogP contribution is 2.45. The van der Waals surface area contributed by atoms with Crippen molar-refractivity contribution in [3.05, 3.63) is 0 Å². The van der Waals surface area contributed by atoms with Crippen molar-refractivity contribution in [2.45, 2.75) is 445 Å². The molecule has 594 valence electrons. The van der Waals surface area contributed by atoms with Gasteiger partial charge in [0.05, 0.1) is 26.4 Å². The normalized spacial score (nSPS) is 13.9. The molecule has 0 spiro atoms. The Bertz CT molecular complexity index is 1920. The molecule has 0 saturated carbocycles. The van der Waals surface area contributed by atoms with Gasteiger partial charge < -0.3 is 33.8 Å². The summed E-state index contributed by atoms with van der Waals surface area (Å²) in [6.45, 7) is 9.64. The summed E-state index contributed by atoms with van der Waals surface area (Å²) in [4.78, 5) is 73.0. The first kappa shape index (κ1) is 98.1. The van der Waals surface area contributed by atoms with E-state index in [9.17, 15) is 43.2 Å². The summed E-state index contributed by atoms with van der Waals surface area (Å²) in [7, 11) is -9.92. The molecule has 0 rings (SSSR count). The van der Waals surface area contributed by atoms with Gasteiger partial charge in [-0.1, -0.05) is 375 Å². The van der Waals surface area contributed by atoms with Gasteiger partial charge in [0.25, 0.3) is 0 Å². The van der Waals surface area contributed by atoms with Crippen molar-refractivity contribution in [1.82, 2.24) is 0 Å². The number of phosphoric acid groups is 2. The molecule has 0 bridgehead atoms. The SMILES string of the molecule is CCCCCCCCCCCCCCCCCCCC(=O)OC[C@H](COP(=O)(O)OC[C@@H](O)COP(=O)(O)OC[C@@H](COC(=O)CCCCCCCCCCCCCC)OC(=O)CCCCCCCCCCCC(C)C)OC(=O)CCCCCCCCCCCCCCCCCCC(C)C. The van der Waals surface area contributed by atoms with Gasteiger partial charge in [0.2, 0.25) is 0 Å². The van der Waals surface area contributed by atoms with Gasteiger partial charge in [-0.05, 0) is 37.5 Å². The molecular weight excluding hydrogens is 1310 g/mol. The number of rotatable bonds is 80. The van der Waals surface area contributed by atoms with Crippen LogP contribution in [0.5, 0.6) is 0 Å². The second kappa shape index (κ2) is 72.6. The second-order valence-corrected chi connectivity index (χ2v) is 33.0. The predicted octanol–water partition coefficient (Wildman–Crippen LogP) is 24.3. The zero-order chi connectivity index (χ0) is 73.5. The second-order valence-electron chi connectivity index (χ2n) is 30.1. The first-order valence-corrected chi connectivity index (χ1v) is 45.0. The zero-order valence-electron chi connectivity index (χ0n) is 65.5. The van der Waals surface area contributed by atoms with Crippen LogP contribution in [-0.2, 0) is 65.4 Å². The van der Waals surface area contributed by atoms with Gasteiger partial charge in [0.15, 0.2) is 12.2 Å². The topological polar surface area (TPSA) is 237 Å². The lowest BCUT2D eigenvalue weighted by Crippen LogP contribution is -2.30. The number of esters is 4. The standard InChI is InChI=1S/C81H158O17P2/c1-7-9-11-13-15-17-19-21-22-23-27-30-34-40-46-52-58-64-79(84)92-69-76(97-80(85)65-59-53-47-41-35-31-28-25-24-26-29-32-37-43-49-55-61-73(3)4)71-95-99(87,88)93-67-75(82)68-94-100(89,90)96-72-77(98-81(86)66-60-54-48-42-36-38-44-50-56-62-74(5)6)70-91-78(83)63-57-51-45-39-33-20-18-16-14-12-10-8-2/h73-77,82H,7-72H2,1-6H3,(H,87,88)(H,89,90)/t75-,76-,77-/m1/s1. The van der Waals surface area contributed by atoms with E-state index in [0.717, 1.165) is 102 Å². The molecule has 0 aliphatic heterocycles. The van der Waals surface area contributed by atoms with Crippen LogP contribution in [0, 0.1) is 11.8 Å². The monoisotopic (exact) mass is 1470 g/mol. The molecule has 5 atom stereocenters. The van der Waals surface area contributed by atoms with Crippen molar-refractivity contribution in [2.24, 2.45) is 11.8 Å². The van der Waals surface area contributed by atoms with Crippen LogP contribution in [0.25, 0.3) is 0 Å². The van der Waals surface area contributed by atoms with E-state index in [2.05, 4.69) is 41.5 Å². The lowest BCUT2D eigenvalue weighted by Gasteiger charge is -2.21. The molecule has 0 aliphatic carbocycles. The maximum absolute atomic E-state index is 13.1. The third-order valence-electron chi connectivity index (χ3n) is 19.0. The molecule has 100 heavy (non-hydrogen) atoms. The summed E-state index contributed by atoms with van der Waals surface area (Å²) in [5.74, 6) is -0.562. The summed E-state index contributed by atoms with van der Waals surface area (Å²) in [5, 5.41) is 10.6. The van der Waals surface area contributed by atoms with E-state index in [-0.39, 0.29) is 25.7 Å². The predicted molar refractivity (Wildman–Crippen MR) is 409 cm³/mol. The Morgan fingerprint density at radius 1 is 0.270 bits per heavy atom. The van der Waals surface area contributed by atoms with Gasteiger partial charge in [-0.3, -0.25) is 37.3 Å². The number of unbranched alkanes of at least 4 members (excludes halogenated alkanes) is 50. The van der Waals surface area contributed by atoms with Crippen molar-refractivity contribution < 1.29 is 80.2 Å². The minimum absolute atomic E-state index is 0.106. The van der Waals surface area contributed by atoms with Crippen LogP contribution in [0.3, 0.4) is 0 Å². The van der Waals surface area contributed by atoms with Crippen molar-refractivity contribution in [2.75, 3.05) is 39.6 Å². The maximum atomic E-state index is 13.1. The number of hydrogen-bond acceptors (Lipinski definition) is 15. The third-order valence-corrected chi connectivity index (χ3v) is 20.9. The Morgan fingerprint density at radius 2 is 0.460 bits per heavy atom. The minimum atomic E-state index is -4.96.